The van der Waals surface area contributed by atoms with Crippen LogP contribution < -0.4 is 5.32 Å². The Balaban J connectivity index is 2.28. The van der Waals surface area contributed by atoms with Gasteiger partial charge in [0.2, 0.25) is 0 Å². The van der Waals surface area contributed by atoms with Crippen LogP contribution in [0.3, 0.4) is 0 Å². The largest absolute Gasteiger partial charge is 0.373 e. The third-order valence-electron chi connectivity index (χ3n) is 3.03. The molecule has 0 radical (unpaired) electrons. The van der Waals surface area contributed by atoms with E-state index in [9.17, 15) is 8.42 Å². The van der Waals surface area contributed by atoms with Crippen LogP contribution in [-0.4, -0.2) is 55.3 Å². The highest BCUT2D eigenvalue weighted by atomic mass is 32.2. The quantitative estimate of drug-likeness (QED) is 0.809. The summed E-state index contributed by atoms with van der Waals surface area (Å²) < 4.78 is 32.2. The third-order valence-corrected chi connectivity index (χ3v) is 4.88. The number of rotatable bonds is 4. The molecule has 2 N–H and O–H groups in total. The van der Waals surface area contributed by atoms with Crippen molar-refractivity contribution in [3.63, 3.8) is 0 Å². The average Bonchev–Trinajstić information content (AvgIpc) is 2.77. The second kappa shape index (κ2) is 5.58. The lowest BCUT2D eigenvalue weighted by Crippen LogP contribution is -2.48. The minimum Gasteiger partial charge on any atom is -0.373 e. The van der Waals surface area contributed by atoms with Gasteiger partial charge in [0.1, 0.15) is 0 Å². The van der Waals surface area contributed by atoms with E-state index in [1.165, 1.54) is 10.5 Å². The molecule has 2 rings (SSSR count). The van der Waals surface area contributed by atoms with Crippen molar-refractivity contribution in [2.24, 2.45) is 0 Å². The Kier molecular flexibility index (Phi) is 4.24. The topological polar surface area (TPSA) is 87.3 Å². The number of sulfonamides is 1. The molecule has 0 amide bonds. The van der Waals surface area contributed by atoms with Crippen LogP contribution in [0.25, 0.3) is 0 Å². The standard InChI is InChI=1S/C11H20N4O3S/c1-8-6-15(7-9(2)18-8)19(16,17)11-10(4-12-3)5-13-14-11/h5,8-9,12H,4,6-7H2,1-3H3,(H,13,14)/t8-,9+. The molecule has 0 bridgehead atoms. The molecule has 2 atom stereocenters. The van der Waals surface area contributed by atoms with Crippen LogP contribution in [0.5, 0.6) is 0 Å². The van der Waals surface area contributed by atoms with Gasteiger partial charge in [-0.1, -0.05) is 0 Å². The number of morpholine rings is 1. The zero-order valence-electron chi connectivity index (χ0n) is 11.4. The zero-order valence-corrected chi connectivity index (χ0v) is 12.2. The van der Waals surface area contributed by atoms with Crippen molar-refractivity contribution in [3.8, 4) is 0 Å². The monoisotopic (exact) mass is 288 g/mol. The smallest absolute Gasteiger partial charge is 0.260 e. The Bertz CT molecular complexity index is 518. The van der Waals surface area contributed by atoms with Gasteiger partial charge in [0.05, 0.1) is 18.4 Å². The van der Waals surface area contributed by atoms with Gasteiger partial charge in [-0.25, -0.2) is 8.42 Å². The molecule has 1 aromatic heterocycles. The van der Waals surface area contributed by atoms with E-state index in [4.69, 9.17) is 4.74 Å². The Morgan fingerprint density at radius 1 is 1.47 bits per heavy atom. The Hall–Kier alpha value is -0.960. The fourth-order valence-electron chi connectivity index (χ4n) is 2.30. The maximum Gasteiger partial charge on any atom is 0.260 e. The maximum atomic E-state index is 12.6. The molecular weight excluding hydrogens is 268 g/mol. The highest BCUT2D eigenvalue weighted by Gasteiger charge is 2.34. The molecular formula is C11H20N4O3S. The zero-order chi connectivity index (χ0) is 14.0. The molecule has 1 aromatic rings. The fourth-order valence-corrected chi connectivity index (χ4v) is 3.99. The van der Waals surface area contributed by atoms with Crippen molar-refractivity contribution in [2.45, 2.75) is 37.6 Å². The number of hydrogen-bond acceptors (Lipinski definition) is 5. The van der Waals surface area contributed by atoms with Gasteiger partial charge in [-0.05, 0) is 20.9 Å². The Labute approximate surface area is 113 Å². The van der Waals surface area contributed by atoms with Crippen molar-refractivity contribution in [3.05, 3.63) is 11.8 Å². The summed E-state index contributed by atoms with van der Waals surface area (Å²) in [5, 5.41) is 9.54. The number of aromatic amines is 1. The first-order valence-electron chi connectivity index (χ1n) is 6.27. The van der Waals surface area contributed by atoms with Crippen molar-refractivity contribution < 1.29 is 13.2 Å². The SMILES string of the molecule is CNCc1cn[nH]c1S(=O)(=O)N1C[C@@H](C)O[C@@H](C)C1. The van der Waals surface area contributed by atoms with E-state index in [-0.39, 0.29) is 17.2 Å². The van der Waals surface area contributed by atoms with E-state index in [0.29, 0.717) is 25.2 Å². The molecule has 0 spiro atoms. The minimum atomic E-state index is -3.54. The van der Waals surface area contributed by atoms with Gasteiger partial charge in [-0.2, -0.15) is 9.40 Å². The molecule has 7 nitrogen and oxygen atoms in total. The summed E-state index contributed by atoms with van der Waals surface area (Å²) in [6, 6.07) is 0. The van der Waals surface area contributed by atoms with Gasteiger partial charge in [-0.3, -0.25) is 5.10 Å². The molecule has 0 saturated carbocycles. The van der Waals surface area contributed by atoms with Crippen LogP contribution >= 0.6 is 0 Å². The van der Waals surface area contributed by atoms with Crippen LogP contribution in [0, 0.1) is 0 Å². The van der Waals surface area contributed by atoms with E-state index in [2.05, 4.69) is 15.5 Å². The van der Waals surface area contributed by atoms with Gasteiger partial charge in [-0.15, -0.1) is 0 Å². The van der Waals surface area contributed by atoms with Gasteiger partial charge in [0.15, 0.2) is 5.03 Å². The number of nitrogens with one attached hydrogen (secondary N) is 2. The highest BCUT2D eigenvalue weighted by molar-refractivity contribution is 7.89. The fraction of sp³-hybridized carbons (Fsp3) is 0.727. The maximum absolute atomic E-state index is 12.6. The molecule has 1 aliphatic heterocycles. The first-order chi connectivity index (χ1) is 8.95. The molecule has 108 valence electrons. The van der Waals surface area contributed by atoms with E-state index < -0.39 is 10.0 Å². The van der Waals surface area contributed by atoms with E-state index in [1.54, 1.807) is 7.05 Å². The average molecular weight is 288 g/mol. The number of ether oxygens (including phenoxy) is 1. The second-order valence-corrected chi connectivity index (χ2v) is 6.71. The molecule has 0 aromatic carbocycles. The summed E-state index contributed by atoms with van der Waals surface area (Å²) in [4.78, 5) is 0. The summed E-state index contributed by atoms with van der Waals surface area (Å²) in [6.45, 7) is 4.94. The number of nitrogens with zero attached hydrogens (tertiary/aromatic N) is 2. The van der Waals surface area contributed by atoms with Crippen LogP contribution in [0.2, 0.25) is 0 Å². The summed E-state index contributed by atoms with van der Waals surface area (Å²) >= 11 is 0. The van der Waals surface area contributed by atoms with Crippen LogP contribution in [0.4, 0.5) is 0 Å². The molecule has 2 heterocycles. The highest BCUT2D eigenvalue weighted by Crippen LogP contribution is 2.21. The van der Waals surface area contributed by atoms with Gasteiger partial charge in [0.25, 0.3) is 10.0 Å². The Morgan fingerprint density at radius 3 is 2.68 bits per heavy atom. The van der Waals surface area contributed by atoms with E-state index >= 15 is 0 Å². The van der Waals surface area contributed by atoms with E-state index in [0.717, 1.165) is 0 Å². The van der Waals surface area contributed by atoms with Crippen molar-refractivity contribution in [1.29, 1.82) is 0 Å². The molecule has 8 heteroatoms. The lowest BCUT2D eigenvalue weighted by atomic mass is 10.3. The number of aromatic nitrogens is 2. The number of H-pyrrole nitrogens is 1. The van der Waals surface area contributed by atoms with Crippen LogP contribution in [-0.2, 0) is 21.3 Å². The predicted molar refractivity (Wildman–Crippen MR) is 70.1 cm³/mol. The first kappa shape index (κ1) is 14.4. The summed E-state index contributed by atoms with van der Waals surface area (Å²) in [5.41, 5.74) is 0.647. The van der Waals surface area contributed by atoms with Gasteiger partial charge < -0.3 is 10.1 Å². The van der Waals surface area contributed by atoms with Crippen molar-refractivity contribution in [1.82, 2.24) is 19.8 Å². The van der Waals surface area contributed by atoms with Crippen LogP contribution in [0.15, 0.2) is 11.2 Å². The van der Waals surface area contributed by atoms with E-state index in [1.807, 2.05) is 13.8 Å². The third kappa shape index (κ3) is 2.97. The molecule has 0 unspecified atom stereocenters. The number of hydrogen-bond donors (Lipinski definition) is 2. The molecule has 1 aliphatic rings. The van der Waals surface area contributed by atoms with Crippen molar-refractivity contribution in [2.75, 3.05) is 20.1 Å². The summed E-state index contributed by atoms with van der Waals surface area (Å²) in [5.74, 6) is 0. The Morgan fingerprint density at radius 2 is 2.11 bits per heavy atom. The van der Waals surface area contributed by atoms with Crippen LogP contribution in [0.1, 0.15) is 19.4 Å². The van der Waals surface area contributed by atoms with Gasteiger partial charge in [0, 0.05) is 25.2 Å². The molecule has 0 aliphatic carbocycles. The molecule has 1 fully saturated rings. The summed E-state index contributed by atoms with van der Waals surface area (Å²) in [7, 11) is -1.78. The first-order valence-corrected chi connectivity index (χ1v) is 7.71. The molecule has 19 heavy (non-hydrogen) atoms. The second-order valence-electron chi connectivity index (χ2n) is 4.83. The predicted octanol–water partition coefficient (Wildman–Crippen LogP) is -0.0730. The lowest BCUT2D eigenvalue weighted by Gasteiger charge is -2.34. The normalized spacial score (nSPS) is 25.6. The summed E-state index contributed by atoms with van der Waals surface area (Å²) in [6.07, 6.45) is 1.33. The van der Waals surface area contributed by atoms with Crippen molar-refractivity contribution >= 4 is 10.0 Å². The minimum absolute atomic E-state index is 0.103. The van der Waals surface area contributed by atoms with Gasteiger partial charge >= 0.3 is 0 Å². The lowest BCUT2D eigenvalue weighted by molar-refractivity contribution is -0.0441. The molecule has 1 saturated heterocycles.